The summed E-state index contributed by atoms with van der Waals surface area (Å²) >= 11 is 0. The van der Waals surface area contributed by atoms with E-state index in [0.29, 0.717) is 37.0 Å². The number of carbonyl (C=O) groups is 1. The third-order valence-electron chi connectivity index (χ3n) is 6.81. The van der Waals surface area contributed by atoms with Crippen LogP contribution in [0.1, 0.15) is 48.2 Å². The molecule has 1 fully saturated rings. The van der Waals surface area contributed by atoms with Crippen LogP contribution in [0.5, 0.6) is 0 Å². The van der Waals surface area contributed by atoms with Crippen LogP contribution < -0.4 is 5.43 Å². The average molecular weight is 460 g/mol. The lowest BCUT2D eigenvalue weighted by molar-refractivity contribution is -0.137. The molecule has 0 atom stereocenters. The molecule has 0 saturated carbocycles. The maximum atomic E-state index is 13.6. The Bertz CT molecular complexity index is 1260. The number of aromatic amines is 1. The fraction of sp³-hybridized carbons (Fsp3) is 0.360. The summed E-state index contributed by atoms with van der Waals surface area (Å²) in [4.78, 5) is 30.2. The fourth-order valence-corrected chi connectivity index (χ4v) is 4.66. The summed E-state index contributed by atoms with van der Waals surface area (Å²) < 4.78 is 53.1. The Morgan fingerprint density at radius 2 is 1.70 bits per heavy atom. The zero-order chi connectivity index (χ0) is 24.0. The van der Waals surface area contributed by atoms with Gasteiger partial charge in [-0.15, -0.1) is 0 Å². The Hall–Kier alpha value is -3.16. The molecule has 1 aromatic heterocycles. The van der Waals surface area contributed by atoms with E-state index in [1.165, 1.54) is 30.5 Å². The van der Waals surface area contributed by atoms with Crippen LogP contribution in [0.25, 0.3) is 10.9 Å². The lowest BCUT2D eigenvalue weighted by Gasteiger charge is -2.41. The number of benzene rings is 2. The number of aromatic nitrogens is 1. The predicted octanol–water partition coefficient (Wildman–Crippen LogP) is 5.52. The summed E-state index contributed by atoms with van der Waals surface area (Å²) in [5, 5.41) is 0.112. The normalized spacial score (nSPS) is 15.8. The molecule has 0 aliphatic carbocycles. The highest BCUT2D eigenvalue weighted by atomic mass is 19.4. The molecular weight excluding hydrogens is 436 g/mol. The van der Waals surface area contributed by atoms with Gasteiger partial charge in [-0.3, -0.25) is 9.59 Å². The molecule has 8 heteroatoms. The molecule has 0 spiro atoms. The van der Waals surface area contributed by atoms with Crippen molar-refractivity contribution in [2.45, 2.75) is 38.3 Å². The summed E-state index contributed by atoms with van der Waals surface area (Å²) in [7, 11) is 0. The summed E-state index contributed by atoms with van der Waals surface area (Å²) in [5.74, 6) is -0.929. The Labute approximate surface area is 188 Å². The lowest BCUT2D eigenvalue weighted by atomic mass is 9.69. The highest BCUT2D eigenvalue weighted by Crippen LogP contribution is 2.40. The Morgan fingerprint density at radius 1 is 1.03 bits per heavy atom. The van der Waals surface area contributed by atoms with Gasteiger partial charge >= 0.3 is 6.18 Å². The molecule has 174 valence electrons. The van der Waals surface area contributed by atoms with E-state index in [-0.39, 0.29) is 16.9 Å². The maximum Gasteiger partial charge on any atom is 0.416 e. The minimum atomic E-state index is -4.41. The van der Waals surface area contributed by atoms with Gasteiger partial charge in [0.15, 0.2) is 0 Å². The van der Waals surface area contributed by atoms with Crippen LogP contribution in [0.4, 0.5) is 17.6 Å². The number of carbonyl (C=O) groups excluding carboxylic acids is 1. The second kappa shape index (κ2) is 8.32. The number of pyridine rings is 1. The van der Waals surface area contributed by atoms with E-state index < -0.39 is 34.3 Å². The minimum Gasteiger partial charge on any atom is -0.360 e. The molecular formula is C25H24F4N2O2. The van der Waals surface area contributed by atoms with Crippen molar-refractivity contribution >= 4 is 16.8 Å². The van der Waals surface area contributed by atoms with Crippen LogP contribution in [-0.4, -0.2) is 28.9 Å². The van der Waals surface area contributed by atoms with Crippen molar-refractivity contribution in [3.63, 3.8) is 0 Å². The minimum absolute atomic E-state index is 0.0521. The Morgan fingerprint density at radius 3 is 2.36 bits per heavy atom. The molecule has 1 aliphatic rings. The summed E-state index contributed by atoms with van der Waals surface area (Å²) in [6, 6.07) is 9.18. The van der Waals surface area contributed by atoms with Crippen molar-refractivity contribution in [2.75, 3.05) is 13.1 Å². The van der Waals surface area contributed by atoms with Gasteiger partial charge in [-0.05, 0) is 54.0 Å². The Kier molecular flexibility index (Phi) is 5.80. The second-order valence-electron chi connectivity index (χ2n) is 9.09. The van der Waals surface area contributed by atoms with E-state index in [0.717, 1.165) is 12.1 Å². The summed E-state index contributed by atoms with van der Waals surface area (Å²) in [5.41, 5.74) is -0.723. The number of amides is 1. The number of hydrogen-bond donors (Lipinski definition) is 1. The molecule has 1 N–H and O–H groups in total. The van der Waals surface area contributed by atoms with E-state index in [4.69, 9.17) is 0 Å². The third-order valence-corrected chi connectivity index (χ3v) is 6.81. The SMILES string of the molecule is CC(C)(c1cccc(C(F)(F)F)c1)C1CCN(C(=O)c2c[nH]c3ccc(F)cc3c2=O)CC1. The first-order chi connectivity index (χ1) is 15.5. The molecule has 1 aliphatic heterocycles. The molecule has 1 amide bonds. The quantitative estimate of drug-likeness (QED) is 0.524. The maximum absolute atomic E-state index is 13.6. The predicted molar refractivity (Wildman–Crippen MR) is 118 cm³/mol. The molecule has 33 heavy (non-hydrogen) atoms. The van der Waals surface area contributed by atoms with Gasteiger partial charge in [0.25, 0.3) is 5.91 Å². The largest absolute Gasteiger partial charge is 0.416 e. The highest BCUT2D eigenvalue weighted by Gasteiger charge is 2.37. The number of nitrogens with one attached hydrogen (secondary N) is 1. The van der Waals surface area contributed by atoms with Gasteiger partial charge < -0.3 is 9.88 Å². The fourth-order valence-electron chi connectivity index (χ4n) is 4.66. The number of piperidine rings is 1. The highest BCUT2D eigenvalue weighted by molar-refractivity contribution is 5.97. The smallest absolute Gasteiger partial charge is 0.360 e. The number of rotatable bonds is 3. The van der Waals surface area contributed by atoms with Crippen LogP contribution in [0.3, 0.4) is 0 Å². The zero-order valence-corrected chi connectivity index (χ0v) is 18.3. The van der Waals surface area contributed by atoms with Crippen molar-refractivity contribution in [1.29, 1.82) is 0 Å². The lowest BCUT2D eigenvalue weighted by Crippen LogP contribution is -2.44. The van der Waals surface area contributed by atoms with E-state index in [2.05, 4.69) is 4.98 Å². The van der Waals surface area contributed by atoms with Crippen molar-refractivity contribution in [1.82, 2.24) is 9.88 Å². The number of alkyl halides is 3. The van der Waals surface area contributed by atoms with Crippen molar-refractivity contribution < 1.29 is 22.4 Å². The van der Waals surface area contributed by atoms with E-state index in [9.17, 15) is 27.2 Å². The first kappa shape index (κ1) is 23.0. The van der Waals surface area contributed by atoms with E-state index >= 15 is 0 Å². The summed E-state index contributed by atoms with van der Waals surface area (Å²) in [6.45, 7) is 4.61. The van der Waals surface area contributed by atoms with Crippen LogP contribution in [0.2, 0.25) is 0 Å². The molecule has 1 saturated heterocycles. The molecule has 0 unspecified atom stereocenters. The molecule has 0 radical (unpaired) electrons. The molecule has 2 aromatic carbocycles. The topological polar surface area (TPSA) is 53.2 Å². The number of fused-ring (bicyclic) bond motifs is 1. The van der Waals surface area contributed by atoms with Crippen molar-refractivity contribution in [3.8, 4) is 0 Å². The van der Waals surface area contributed by atoms with Crippen LogP contribution in [0, 0.1) is 11.7 Å². The first-order valence-electron chi connectivity index (χ1n) is 10.8. The zero-order valence-electron chi connectivity index (χ0n) is 18.3. The van der Waals surface area contributed by atoms with E-state index in [1.807, 2.05) is 13.8 Å². The number of halogens is 4. The van der Waals surface area contributed by atoms with Crippen LogP contribution in [0.15, 0.2) is 53.5 Å². The molecule has 0 bridgehead atoms. The van der Waals surface area contributed by atoms with Gasteiger partial charge in [-0.2, -0.15) is 13.2 Å². The summed E-state index contributed by atoms with van der Waals surface area (Å²) in [6.07, 6.45) is -1.87. The molecule has 4 nitrogen and oxygen atoms in total. The van der Waals surface area contributed by atoms with Gasteiger partial charge in [0.05, 0.1) is 5.56 Å². The Balaban J connectivity index is 1.51. The monoisotopic (exact) mass is 460 g/mol. The number of likely N-dealkylation sites (tertiary alicyclic amines) is 1. The average Bonchev–Trinajstić information content (AvgIpc) is 2.79. The third kappa shape index (κ3) is 4.38. The molecule has 2 heterocycles. The van der Waals surface area contributed by atoms with Gasteiger partial charge in [0.2, 0.25) is 5.43 Å². The van der Waals surface area contributed by atoms with Crippen molar-refractivity contribution in [2.24, 2.45) is 5.92 Å². The van der Waals surface area contributed by atoms with Gasteiger partial charge in [0, 0.05) is 30.2 Å². The number of nitrogens with zero attached hydrogens (tertiary/aromatic N) is 1. The van der Waals surface area contributed by atoms with Gasteiger partial charge in [0.1, 0.15) is 11.4 Å². The molecule has 4 rings (SSSR count). The number of H-pyrrole nitrogens is 1. The van der Waals surface area contributed by atoms with Gasteiger partial charge in [-0.25, -0.2) is 4.39 Å². The van der Waals surface area contributed by atoms with Crippen molar-refractivity contribution in [3.05, 3.63) is 81.4 Å². The van der Waals surface area contributed by atoms with Gasteiger partial charge in [-0.1, -0.05) is 32.0 Å². The van der Waals surface area contributed by atoms with Crippen LogP contribution >= 0.6 is 0 Å². The second-order valence-corrected chi connectivity index (χ2v) is 9.09. The van der Waals surface area contributed by atoms with Crippen LogP contribution in [-0.2, 0) is 11.6 Å². The first-order valence-corrected chi connectivity index (χ1v) is 10.8. The number of hydrogen-bond acceptors (Lipinski definition) is 2. The molecule has 3 aromatic rings. The standard InChI is InChI=1S/C25H24F4N2O2/c1-24(2,16-4-3-5-17(12-16)25(27,28)29)15-8-10-31(11-9-15)23(33)20-14-30-21-7-6-18(26)13-19(21)22(20)32/h3-7,12-15H,8-11H2,1-2H3,(H,30,32). The van der Waals surface area contributed by atoms with E-state index in [1.54, 1.807) is 11.0 Å².